The first-order chi connectivity index (χ1) is 7.95. The summed E-state index contributed by atoms with van der Waals surface area (Å²) in [6.45, 7) is 6.36. The molecule has 0 radical (unpaired) electrons. The maximum atomic E-state index is 11.8. The highest BCUT2D eigenvalue weighted by Crippen LogP contribution is 2.11. The Morgan fingerprint density at radius 1 is 1.44 bits per heavy atom. The first kappa shape index (κ1) is 17.2. The lowest BCUT2D eigenvalue weighted by molar-refractivity contribution is -0.151. The van der Waals surface area contributed by atoms with Gasteiger partial charge in [-0.1, -0.05) is 0 Å². The van der Waals surface area contributed by atoms with Crippen molar-refractivity contribution in [1.82, 2.24) is 10.6 Å². The van der Waals surface area contributed by atoms with Crippen molar-refractivity contribution in [3.8, 4) is 0 Å². The van der Waals surface area contributed by atoms with Gasteiger partial charge in [-0.25, -0.2) is 4.79 Å². The molecule has 1 aliphatic heterocycles. The van der Waals surface area contributed by atoms with E-state index < -0.39 is 11.5 Å². The van der Waals surface area contributed by atoms with Gasteiger partial charge in [0, 0.05) is 12.5 Å². The molecule has 106 valence electrons. The third-order valence-corrected chi connectivity index (χ3v) is 2.83. The molecule has 1 amide bonds. The monoisotopic (exact) mass is 278 g/mol. The van der Waals surface area contributed by atoms with E-state index in [0.29, 0.717) is 13.0 Å². The van der Waals surface area contributed by atoms with Crippen LogP contribution in [0.1, 0.15) is 40.0 Å². The molecule has 2 N–H and O–H groups in total. The van der Waals surface area contributed by atoms with E-state index in [0.717, 1.165) is 19.4 Å². The molecule has 0 aromatic carbocycles. The van der Waals surface area contributed by atoms with E-state index in [1.807, 2.05) is 0 Å². The summed E-state index contributed by atoms with van der Waals surface area (Å²) in [5.41, 5.74) is -0.953. The minimum atomic E-state index is -0.953. The fraction of sp³-hybridized carbons (Fsp3) is 0.833. The molecule has 1 rings (SSSR count). The van der Waals surface area contributed by atoms with Crippen molar-refractivity contribution in [2.75, 3.05) is 13.2 Å². The minimum Gasteiger partial charge on any atom is -0.464 e. The van der Waals surface area contributed by atoms with Crippen LogP contribution in [-0.4, -0.2) is 36.6 Å². The number of hydrogen-bond donors (Lipinski definition) is 2. The standard InChI is InChI=1S/C12H22N2O3.ClH/c1-4-17-11(16)12(2,3)14-10(15)8-9-6-5-7-13-9;/h9,13H,4-8H2,1-3H3,(H,14,15);1H. The Morgan fingerprint density at radius 3 is 2.61 bits per heavy atom. The van der Waals surface area contributed by atoms with E-state index in [9.17, 15) is 9.59 Å². The Kier molecular flexibility index (Phi) is 7.25. The summed E-state index contributed by atoms with van der Waals surface area (Å²) in [5.74, 6) is -0.504. The molecule has 1 fully saturated rings. The Bertz CT molecular complexity index is 289. The van der Waals surface area contributed by atoms with Gasteiger partial charge >= 0.3 is 5.97 Å². The number of ether oxygens (including phenoxy) is 1. The number of halogens is 1. The second-order valence-corrected chi connectivity index (χ2v) is 4.89. The molecule has 1 aliphatic rings. The van der Waals surface area contributed by atoms with Crippen molar-refractivity contribution >= 4 is 24.3 Å². The van der Waals surface area contributed by atoms with Crippen molar-refractivity contribution in [3.05, 3.63) is 0 Å². The van der Waals surface area contributed by atoms with Gasteiger partial charge in [0.2, 0.25) is 5.91 Å². The van der Waals surface area contributed by atoms with Crippen LogP contribution < -0.4 is 10.6 Å². The Balaban J connectivity index is 0.00000289. The maximum Gasteiger partial charge on any atom is 0.331 e. The number of carbonyl (C=O) groups excluding carboxylic acids is 2. The average Bonchev–Trinajstić information content (AvgIpc) is 2.69. The normalized spacial score (nSPS) is 18.9. The zero-order chi connectivity index (χ0) is 12.9. The third kappa shape index (κ3) is 5.23. The molecular weight excluding hydrogens is 256 g/mol. The van der Waals surface area contributed by atoms with E-state index in [1.165, 1.54) is 0 Å². The fourth-order valence-corrected chi connectivity index (χ4v) is 1.92. The predicted octanol–water partition coefficient (Wildman–Crippen LogP) is 1.01. The maximum absolute atomic E-state index is 11.8. The number of rotatable bonds is 5. The Labute approximate surface area is 114 Å². The minimum absolute atomic E-state index is 0. The van der Waals surface area contributed by atoms with Gasteiger partial charge in [-0.3, -0.25) is 4.79 Å². The lowest BCUT2D eigenvalue weighted by atomic mass is 10.0. The smallest absolute Gasteiger partial charge is 0.331 e. The van der Waals surface area contributed by atoms with E-state index in [2.05, 4.69) is 10.6 Å². The summed E-state index contributed by atoms with van der Waals surface area (Å²) in [7, 11) is 0. The van der Waals surface area contributed by atoms with Crippen molar-refractivity contribution in [3.63, 3.8) is 0 Å². The van der Waals surface area contributed by atoms with Crippen LogP contribution >= 0.6 is 12.4 Å². The molecule has 1 atom stereocenters. The zero-order valence-electron chi connectivity index (χ0n) is 11.2. The van der Waals surface area contributed by atoms with Gasteiger partial charge in [-0.2, -0.15) is 0 Å². The van der Waals surface area contributed by atoms with Crippen LogP contribution in [0.25, 0.3) is 0 Å². The van der Waals surface area contributed by atoms with Gasteiger partial charge in [0.15, 0.2) is 0 Å². The summed E-state index contributed by atoms with van der Waals surface area (Å²) in [6.07, 6.45) is 2.55. The quantitative estimate of drug-likeness (QED) is 0.737. The van der Waals surface area contributed by atoms with Gasteiger partial charge in [0.1, 0.15) is 5.54 Å². The van der Waals surface area contributed by atoms with Gasteiger partial charge < -0.3 is 15.4 Å². The molecule has 0 aromatic heterocycles. The second kappa shape index (κ2) is 7.59. The molecule has 0 bridgehead atoms. The Morgan fingerprint density at radius 2 is 2.11 bits per heavy atom. The molecule has 5 nitrogen and oxygen atoms in total. The molecule has 6 heteroatoms. The molecule has 0 spiro atoms. The van der Waals surface area contributed by atoms with Crippen molar-refractivity contribution < 1.29 is 14.3 Å². The van der Waals surface area contributed by atoms with Crippen LogP contribution in [-0.2, 0) is 14.3 Å². The van der Waals surface area contributed by atoms with E-state index in [4.69, 9.17) is 4.74 Å². The molecule has 1 unspecified atom stereocenters. The Hall–Kier alpha value is -0.810. The molecule has 18 heavy (non-hydrogen) atoms. The first-order valence-corrected chi connectivity index (χ1v) is 6.17. The summed E-state index contributed by atoms with van der Waals surface area (Å²) >= 11 is 0. The molecule has 0 aliphatic carbocycles. The summed E-state index contributed by atoms with van der Waals surface area (Å²) in [6, 6.07) is 0.244. The highest BCUT2D eigenvalue weighted by atomic mass is 35.5. The number of nitrogens with one attached hydrogen (secondary N) is 2. The number of amides is 1. The largest absolute Gasteiger partial charge is 0.464 e. The molecule has 1 heterocycles. The summed E-state index contributed by atoms with van der Waals surface area (Å²) in [4.78, 5) is 23.3. The van der Waals surface area contributed by atoms with Crippen LogP contribution in [0.4, 0.5) is 0 Å². The molecule has 0 saturated carbocycles. The van der Waals surface area contributed by atoms with Gasteiger partial charge in [-0.15, -0.1) is 12.4 Å². The van der Waals surface area contributed by atoms with Crippen LogP contribution in [0.15, 0.2) is 0 Å². The number of esters is 1. The van der Waals surface area contributed by atoms with Crippen LogP contribution in [0, 0.1) is 0 Å². The molecular formula is C12H23ClN2O3. The predicted molar refractivity (Wildman–Crippen MR) is 71.7 cm³/mol. The van der Waals surface area contributed by atoms with Gasteiger partial charge in [0.05, 0.1) is 6.61 Å². The second-order valence-electron chi connectivity index (χ2n) is 4.89. The highest BCUT2D eigenvalue weighted by molar-refractivity contribution is 5.87. The van der Waals surface area contributed by atoms with E-state index >= 15 is 0 Å². The fourth-order valence-electron chi connectivity index (χ4n) is 1.92. The molecule has 1 saturated heterocycles. The lowest BCUT2D eigenvalue weighted by Gasteiger charge is -2.24. The van der Waals surface area contributed by atoms with E-state index in [-0.39, 0.29) is 24.4 Å². The number of carbonyl (C=O) groups is 2. The summed E-state index contributed by atoms with van der Waals surface area (Å²) < 4.78 is 4.91. The first-order valence-electron chi connectivity index (χ1n) is 6.17. The topological polar surface area (TPSA) is 67.4 Å². The van der Waals surface area contributed by atoms with Crippen molar-refractivity contribution in [2.45, 2.75) is 51.6 Å². The van der Waals surface area contributed by atoms with Crippen LogP contribution in [0.5, 0.6) is 0 Å². The van der Waals surface area contributed by atoms with Gasteiger partial charge in [-0.05, 0) is 40.2 Å². The highest BCUT2D eigenvalue weighted by Gasteiger charge is 2.31. The van der Waals surface area contributed by atoms with Gasteiger partial charge in [0.25, 0.3) is 0 Å². The summed E-state index contributed by atoms with van der Waals surface area (Å²) in [5, 5.41) is 5.96. The lowest BCUT2D eigenvalue weighted by Crippen LogP contribution is -2.51. The molecule has 0 aromatic rings. The van der Waals surface area contributed by atoms with E-state index in [1.54, 1.807) is 20.8 Å². The van der Waals surface area contributed by atoms with Crippen molar-refractivity contribution in [2.24, 2.45) is 0 Å². The zero-order valence-corrected chi connectivity index (χ0v) is 12.1. The number of hydrogen-bond acceptors (Lipinski definition) is 4. The van der Waals surface area contributed by atoms with Crippen LogP contribution in [0.3, 0.4) is 0 Å². The van der Waals surface area contributed by atoms with Crippen LogP contribution in [0.2, 0.25) is 0 Å². The third-order valence-electron chi connectivity index (χ3n) is 2.83. The SMILES string of the molecule is CCOC(=O)C(C)(C)NC(=O)CC1CCCN1.Cl. The average molecular weight is 279 g/mol. The van der Waals surface area contributed by atoms with Crippen molar-refractivity contribution in [1.29, 1.82) is 0 Å².